The van der Waals surface area contributed by atoms with Gasteiger partial charge in [0.05, 0.1) is 5.71 Å². The van der Waals surface area contributed by atoms with Crippen molar-refractivity contribution in [3.8, 4) is 5.75 Å². The lowest BCUT2D eigenvalue weighted by Gasteiger charge is -2.15. The van der Waals surface area contributed by atoms with Crippen LogP contribution in [0.15, 0.2) is 53.6 Å². The van der Waals surface area contributed by atoms with E-state index in [9.17, 15) is 9.90 Å². The summed E-state index contributed by atoms with van der Waals surface area (Å²) in [6.07, 6.45) is 5.01. The molecule has 28 heavy (non-hydrogen) atoms. The predicted octanol–water partition coefficient (Wildman–Crippen LogP) is 4.16. The number of phenols is 1. The fourth-order valence-corrected chi connectivity index (χ4v) is 4.10. The summed E-state index contributed by atoms with van der Waals surface area (Å²) in [7, 11) is 0. The van der Waals surface area contributed by atoms with Gasteiger partial charge in [0.15, 0.2) is 0 Å². The number of nitrogens with one attached hydrogen (secondary N) is 1. The first-order valence-corrected chi connectivity index (χ1v) is 9.85. The van der Waals surface area contributed by atoms with E-state index in [-0.39, 0.29) is 11.7 Å². The number of aromatic nitrogens is 1. The summed E-state index contributed by atoms with van der Waals surface area (Å²) in [6, 6.07) is 15.5. The number of benzene rings is 2. The summed E-state index contributed by atoms with van der Waals surface area (Å²) >= 11 is 0. The van der Waals surface area contributed by atoms with Gasteiger partial charge in [-0.2, -0.15) is 5.10 Å². The molecule has 1 amide bonds. The van der Waals surface area contributed by atoms with Gasteiger partial charge >= 0.3 is 0 Å². The molecule has 0 aliphatic heterocycles. The van der Waals surface area contributed by atoms with Crippen molar-refractivity contribution in [2.75, 3.05) is 0 Å². The fraction of sp³-hybridized carbons (Fsp3) is 0.304. The molecule has 5 nitrogen and oxygen atoms in total. The van der Waals surface area contributed by atoms with Crippen molar-refractivity contribution in [2.24, 2.45) is 5.10 Å². The summed E-state index contributed by atoms with van der Waals surface area (Å²) in [5, 5.41) is 15.4. The lowest BCUT2D eigenvalue weighted by molar-refractivity contribution is -0.121. The number of nitrogens with zero attached hydrogens (tertiary/aromatic N) is 2. The Balaban J connectivity index is 1.47. The van der Waals surface area contributed by atoms with E-state index in [1.165, 1.54) is 35.0 Å². The second-order valence-corrected chi connectivity index (χ2v) is 7.30. The highest BCUT2D eigenvalue weighted by molar-refractivity contribution is 6.01. The van der Waals surface area contributed by atoms with Crippen LogP contribution in [0.3, 0.4) is 0 Å². The number of fused-ring (bicyclic) bond motifs is 3. The van der Waals surface area contributed by atoms with Gasteiger partial charge in [-0.25, -0.2) is 5.43 Å². The molecule has 1 aliphatic carbocycles. The summed E-state index contributed by atoms with van der Waals surface area (Å²) in [5.74, 6) is 0.0283. The Morgan fingerprint density at radius 2 is 1.86 bits per heavy atom. The molecule has 4 rings (SSSR count). The van der Waals surface area contributed by atoms with Gasteiger partial charge in [-0.1, -0.05) is 30.3 Å². The van der Waals surface area contributed by atoms with E-state index in [2.05, 4.69) is 39.4 Å². The molecule has 0 atom stereocenters. The van der Waals surface area contributed by atoms with Crippen molar-refractivity contribution in [1.82, 2.24) is 9.99 Å². The molecule has 0 unspecified atom stereocenters. The number of carbonyl (C=O) groups excluding carboxylic acids is 1. The molecule has 0 fully saturated rings. The summed E-state index contributed by atoms with van der Waals surface area (Å²) in [6.45, 7) is 2.41. The van der Waals surface area contributed by atoms with E-state index in [1.54, 1.807) is 25.1 Å². The number of carbonyl (C=O) groups is 1. The Morgan fingerprint density at radius 3 is 2.71 bits per heavy atom. The fourth-order valence-electron chi connectivity index (χ4n) is 4.10. The first kappa shape index (κ1) is 18.3. The second kappa shape index (κ2) is 7.89. The van der Waals surface area contributed by atoms with Gasteiger partial charge in [0.25, 0.3) is 0 Å². The van der Waals surface area contributed by atoms with Gasteiger partial charge in [0, 0.05) is 35.1 Å². The minimum Gasteiger partial charge on any atom is -0.507 e. The standard InChI is InChI=1S/C23H25N3O2/c1-16(17-8-4-7-13-22(17)27)24-25-23(28)14-15-26-20-11-5-2-9-18(20)19-10-3-6-12-21(19)26/h2,4-5,7-9,11,13,27H,3,6,10,12,14-15H2,1H3,(H,25,28). The average Bonchev–Trinajstić information content (AvgIpc) is 3.05. The zero-order valence-corrected chi connectivity index (χ0v) is 16.1. The van der Waals surface area contributed by atoms with Crippen molar-refractivity contribution in [2.45, 2.75) is 45.6 Å². The molecule has 144 valence electrons. The Morgan fingerprint density at radius 1 is 1.11 bits per heavy atom. The topological polar surface area (TPSA) is 66.6 Å². The zero-order valence-electron chi connectivity index (χ0n) is 16.1. The van der Waals surface area contributed by atoms with Crippen LogP contribution in [-0.4, -0.2) is 21.3 Å². The lowest BCUT2D eigenvalue weighted by atomic mass is 9.95. The molecular formula is C23H25N3O2. The van der Waals surface area contributed by atoms with Gasteiger partial charge in [-0.05, 0) is 56.4 Å². The van der Waals surface area contributed by atoms with Crippen LogP contribution in [0.25, 0.3) is 10.9 Å². The molecular weight excluding hydrogens is 350 g/mol. The van der Waals surface area contributed by atoms with E-state index in [0.29, 0.717) is 24.2 Å². The molecule has 0 radical (unpaired) electrons. The van der Waals surface area contributed by atoms with Crippen molar-refractivity contribution in [1.29, 1.82) is 0 Å². The maximum absolute atomic E-state index is 12.4. The maximum atomic E-state index is 12.4. The summed E-state index contributed by atoms with van der Waals surface area (Å²) in [4.78, 5) is 12.4. The van der Waals surface area contributed by atoms with Gasteiger partial charge in [-0.3, -0.25) is 4.79 Å². The highest BCUT2D eigenvalue weighted by Gasteiger charge is 2.19. The first-order chi connectivity index (χ1) is 13.6. The highest BCUT2D eigenvalue weighted by atomic mass is 16.3. The van der Waals surface area contributed by atoms with Gasteiger partial charge in [0.1, 0.15) is 5.75 Å². The van der Waals surface area contributed by atoms with Crippen LogP contribution in [0.5, 0.6) is 5.75 Å². The Hall–Kier alpha value is -3.08. The lowest BCUT2D eigenvalue weighted by Crippen LogP contribution is -2.21. The van der Waals surface area contributed by atoms with E-state index >= 15 is 0 Å². The molecule has 0 bridgehead atoms. The number of hydrogen-bond acceptors (Lipinski definition) is 3. The van der Waals surface area contributed by atoms with Gasteiger partial charge in [-0.15, -0.1) is 0 Å². The molecule has 1 heterocycles. The molecule has 2 N–H and O–H groups in total. The minimum absolute atomic E-state index is 0.128. The zero-order chi connectivity index (χ0) is 19.5. The average molecular weight is 375 g/mol. The van der Waals surface area contributed by atoms with E-state index in [4.69, 9.17) is 0 Å². The normalized spacial score (nSPS) is 14.1. The number of hydrazone groups is 1. The van der Waals surface area contributed by atoms with Crippen LogP contribution in [0, 0.1) is 0 Å². The van der Waals surface area contributed by atoms with Crippen LogP contribution >= 0.6 is 0 Å². The van der Waals surface area contributed by atoms with Crippen molar-refractivity contribution in [3.05, 3.63) is 65.4 Å². The predicted molar refractivity (Wildman–Crippen MR) is 112 cm³/mol. The third-order valence-corrected chi connectivity index (χ3v) is 5.49. The smallest absolute Gasteiger partial charge is 0.241 e. The molecule has 3 aromatic rings. The van der Waals surface area contributed by atoms with Crippen molar-refractivity contribution >= 4 is 22.5 Å². The van der Waals surface area contributed by atoms with Crippen LogP contribution in [0.1, 0.15) is 43.0 Å². The molecule has 1 aliphatic rings. The minimum atomic E-state index is -0.128. The third kappa shape index (κ3) is 3.52. The molecule has 0 spiro atoms. The van der Waals surface area contributed by atoms with Gasteiger partial charge < -0.3 is 9.67 Å². The van der Waals surface area contributed by atoms with Crippen LogP contribution in [-0.2, 0) is 24.2 Å². The van der Waals surface area contributed by atoms with E-state index < -0.39 is 0 Å². The molecule has 5 heteroatoms. The largest absolute Gasteiger partial charge is 0.507 e. The maximum Gasteiger partial charge on any atom is 0.241 e. The quantitative estimate of drug-likeness (QED) is 0.519. The Kier molecular flexibility index (Phi) is 5.15. The third-order valence-electron chi connectivity index (χ3n) is 5.49. The van der Waals surface area contributed by atoms with Crippen LogP contribution < -0.4 is 5.43 Å². The second-order valence-electron chi connectivity index (χ2n) is 7.30. The number of aryl methyl sites for hydroxylation is 2. The highest BCUT2D eigenvalue weighted by Crippen LogP contribution is 2.32. The van der Waals surface area contributed by atoms with Gasteiger partial charge in [0.2, 0.25) is 5.91 Å². The number of rotatable bonds is 5. The molecule has 1 aromatic heterocycles. The SMILES string of the molecule is CC(=NNC(=O)CCn1c2c(c3ccccc31)CCCC2)c1ccccc1O. The van der Waals surface area contributed by atoms with Crippen molar-refractivity contribution in [3.63, 3.8) is 0 Å². The molecule has 0 saturated carbocycles. The van der Waals surface area contributed by atoms with Crippen molar-refractivity contribution < 1.29 is 9.90 Å². The monoisotopic (exact) mass is 375 g/mol. The van der Waals surface area contributed by atoms with Crippen LogP contribution in [0.2, 0.25) is 0 Å². The molecule has 0 saturated heterocycles. The summed E-state index contributed by atoms with van der Waals surface area (Å²) < 4.78 is 2.31. The number of para-hydroxylation sites is 2. The number of aromatic hydroxyl groups is 1. The molecule has 2 aromatic carbocycles. The summed E-state index contributed by atoms with van der Waals surface area (Å²) in [5.41, 5.74) is 7.88. The van der Waals surface area contributed by atoms with Crippen LogP contribution in [0.4, 0.5) is 0 Å². The Bertz CT molecular complexity index is 1050. The Labute approximate surface area is 164 Å². The first-order valence-electron chi connectivity index (χ1n) is 9.85. The number of hydrogen-bond donors (Lipinski definition) is 2. The number of phenolic OH excluding ortho intramolecular Hbond substituents is 1. The number of amides is 1. The van der Waals surface area contributed by atoms with E-state index in [0.717, 1.165) is 12.8 Å². The van der Waals surface area contributed by atoms with E-state index in [1.807, 2.05) is 6.07 Å².